The van der Waals surface area contributed by atoms with Crippen molar-refractivity contribution in [1.82, 2.24) is 0 Å². The third kappa shape index (κ3) is 4.16. The summed E-state index contributed by atoms with van der Waals surface area (Å²) in [6, 6.07) is 3.02. The Balaban J connectivity index is 2.36. The molecule has 0 aromatic heterocycles. The molecule has 0 heterocycles. The van der Waals surface area contributed by atoms with Crippen molar-refractivity contribution in [3.05, 3.63) is 35.9 Å². The van der Waals surface area contributed by atoms with Crippen molar-refractivity contribution in [2.75, 3.05) is 0 Å². The minimum absolute atomic E-state index is 0.173. The van der Waals surface area contributed by atoms with Crippen LogP contribution in [0.1, 0.15) is 36.5 Å². The number of halogens is 3. The van der Waals surface area contributed by atoms with Gasteiger partial charge in [-0.25, -0.2) is 4.79 Å². The summed E-state index contributed by atoms with van der Waals surface area (Å²) in [5.74, 6) is -2.06. The van der Waals surface area contributed by atoms with E-state index in [1.807, 2.05) is 6.08 Å². The monoisotopic (exact) mass is 316 g/mol. The van der Waals surface area contributed by atoms with Crippen LogP contribution in [0, 0.1) is 0 Å². The molecule has 0 saturated carbocycles. The molecule has 22 heavy (non-hydrogen) atoms. The third-order valence-electron chi connectivity index (χ3n) is 3.27. The molecule has 7 heteroatoms. The van der Waals surface area contributed by atoms with E-state index in [9.17, 15) is 18.0 Å². The topological polar surface area (TPSA) is 55.8 Å². The second kappa shape index (κ2) is 5.90. The van der Waals surface area contributed by atoms with Crippen molar-refractivity contribution in [1.29, 1.82) is 0 Å². The quantitative estimate of drug-likeness (QED) is 0.847. The first-order chi connectivity index (χ1) is 10.2. The van der Waals surface area contributed by atoms with Gasteiger partial charge in [0.2, 0.25) is 0 Å². The fourth-order valence-electron chi connectivity index (χ4n) is 2.25. The smallest absolute Gasteiger partial charge is 0.480 e. The van der Waals surface area contributed by atoms with E-state index in [1.54, 1.807) is 13.0 Å². The molecule has 1 atom stereocenters. The van der Waals surface area contributed by atoms with Crippen molar-refractivity contribution >= 4 is 5.97 Å². The summed E-state index contributed by atoms with van der Waals surface area (Å²) < 4.78 is 46.9. The van der Waals surface area contributed by atoms with E-state index in [1.165, 1.54) is 0 Å². The second-order valence-corrected chi connectivity index (χ2v) is 5.22. The number of carboxylic acid groups (broad SMARTS) is 1. The molecule has 0 spiro atoms. The van der Waals surface area contributed by atoms with Gasteiger partial charge in [-0.1, -0.05) is 6.08 Å². The highest BCUT2D eigenvalue weighted by atomic mass is 19.4. The fourth-order valence-corrected chi connectivity index (χ4v) is 2.25. The lowest BCUT2D eigenvalue weighted by Crippen LogP contribution is -2.32. The van der Waals surface area contributed by atoms with E-state index < -0.39 is 23.7 Å². The number of carbonyl (C=O) groups is 1. The highest BCUT2D eigenvalue weighted by Gasteiger charge is 2.34. The second-order valence-electron chi connectivity index (χ2n) is 5.22. The van der Waals surface area contributed by atoms with Crippen LogP contribution >= 0.6 is 0 Å². The maximum Gasteiger partial charge on any atom is 0.573 e. The third-order valence-corrected chi connectivity index (χ3v) is 3.27. The normalized spacial score (nSPS) is 21.5. The molecule has 0 fully saturated rings. The number of hydrogen-bond acceptors (Lipinski definition) is 3. The predicted octanol–water partition coefficient (Wildman–Crippen LogP) is 4.16. The van der Waals surface area contributed by atoms with Crippen LogP contribution in [0.3, 0.4) is 0 Å². The highest BCUT2D eigenvalue weighted by Crippen LogP contribution is 2.37. The fraction of sp³-hybridized carbons (Fsp3) is 0.400. The molecule has 1 aromatic rings. The lowest BCUT2D eigenvalue weighted by molar-refractivity contribution is -0.275. The van der Waals surface area contributed by atoms with Gasteiger partial charge in [0.05, 0.1) is 5.56 Å². The number of rotatable bonds is 4. The van der Waals surface area contributed by atoms with Crippen LogP contribution in [0.15, 0.2) is 30.4 Å². The van der Waals surface area contributed by atoms with Crippen LogP contribution in [-0.2, 0) is 0 Å². The van der Waals surface area contributed by atoms with E-state index in [-0.39, 0.29) is 11.3 Å². The van der Waals surface area contributed by atoms with E-state index in [2.05, 4.69) is 4.74 Å². The van der Waals surface area contributed by atoms with Crippen LogP contribution < -0.4 is 9.47 Å². The zero-order valence-electron chi connectivity index (χ0n) is 11.8. The van der Waals surface area contributed by atoms with Crippen molar-refractivity contribution < 1.29 is 32.5 Å². The molecule has 2 rings (SSSR count). The number of alkyl halides is 3. The van der Waals surface area contributed by atoms with Crippen LogP contribution in [0.5, 0.6) is 11.5 Å². The van der Waals surface area contributed by atoms with Crippen molar-refractivity contribution in [2.45, 2.75) is 38.1 Å². The largest absolute Gasteiger partial charge is 0.573 e. The molecule has 0 saturated heterocycles. The summed E-state index contributed by atoms with van der Waals surface area (Å²) in [6.45, 7) is 1.73. The van der Waals surface area contributed by atoms with E-state index >= 15 is 0 Å². The number of benzene rings is 1. The van der Waals surface area contributed by atoms with Gasteiger partial charge >= 0.3 is 12.3 Å². The predicted molar refractivity (Wildman–Crippen MR) is 72.1 cm³/mol. The maximum absolute atomic E-state index is 12.4. The molecule has 0 aliphatic heterocycles. The molecule has 4 nitrogen and oxygen atoms in total. The molecule has 0 amide bonds. The Hall–Kier alpha value is -2.18. The number of carboxylic acids is 1. The summed E-state index contributed by atoms with van der Waals surface area (Å²) in [7, 11) is 0. The number of hydrogen-bond donors (Lipinski definition) is 1. The zero-order valence-corrected chi connectivity index (χ0v) is 11.8. The van der Waals surface area contributed by atoms with Gasteiger partial charge in [0.15, 0.2) is 11.5 Å². The van der Waals surface area contributed by atoms with Gasteiger partial charge < -0.3 is 14.6 Å². The minimum Gasteiger partial charge on any atom is -0.480 e. The van der Waals surface area contributed by atoms with Gasteiger partial charge in [-0.3, -0.25) is 0 Å². The average molecular weight is 316 g/mol. The van der Waals surface area contributed by atoms with Gasteiger partial charge in [-0.15, -0.1) is 13.2 Å². The average Bonchev–Trinajstić information content (AvgIpc) is 2.39. The maximum atomic E-state index is 12.4. The summed E-state index contributed by atoms with van der Waals surface area (Å²) in [5, 5.41) is 8.97. The van der Waals surface area contributed by atoms with Crippen LogP contribution in [0.2, 0.25) is 0 Å². The van der Waals surface area contributed by atoms with Crippen LogP contribution in [0.4, 0.5) is 13.2 Å². The lowest BCUT2D eigenvalue weighted by Gasteiger charge is -2.31. The molecular formula is C15H15F3O4. The zero-order chi connectivity index (χ0) is 16.4. The van der Waals surface area contributed by atoms with E-state index in [4.69, 9.17) is 9.84 Å². The standard InChI is InChI=1S/C15H15F3O4/c1-14(7-3-2-4-8-14)21-12-9-10(13(19)20)5-6-11(12)22-15(16,17)18/h3,5-7,9H,2,4,8H2,1H3,(H,19,20). The number of allylic oxidation sites excluding steroid dienone is 1. The molecule has 1 aliphatic rings. The van der Waals surface area contributed by atoms with Crippen molar-refractivity contribution in [3.8, 4) is 11.5 Å². The van der Waals surface area contributed by atoms with Crippen LogP contribution in [-0.4, -0.2) is 23.0 Å². The SMILES string of the molecule is CC1(Oc2cc(C(=O)O)ccc2OC(F)(F)F)C=CCCC1. The van der Waals surface area contributed by atoms with Gasteiger partial charge in [-0.2, -0.15) is 0 Å². The Kier molecular flexibility index (Phi) is 4.35. The Labute approximate surface area is 125 Å². The lowest BCUT2D eigenvalue weighted by atomic mass is 9.93. The molecule has 1 aliphatic carbocycles. The van der Waals surface area contributed by atoms with Crippen molar-refractivity contribution in [3.63, 3.8) is 0 Å². The summed E-state index contributed by atoms with van der Waals surface area (Å²) >= 11 is 0. The highest BCUT2D eigenvalue weighted by molar-refractivity contribution is 5.88. The first-order valence-corrected chi connectivity index (χ1v) is 6.68. The molecular weight excluding hydrogens is 301 g/mol. The molecule has 1 aromatic carbocycles. The Morgan fingerprint density at radius 2 is 2.05 bits per heavy atom. The van der Waals surface area contributed by atoms with E-state index in [0.29, 0.717) is 6.42 Å². The first kappa shape index (κ1) is 16.2. The Morgan fingerprint density at radius 1 is 1.32 bits per heavy atom. The summed E-state index contributed by atoms with van der Waals surface area (Å²) in [5.41, 5.74) is -0.966. The van der Waals surface area contributed by atoms with Gasteiger partial charge in [0.1, 0.15) is 5.60 Å². The molecule has 0 radical (unpaired) electrons. The van der Waals surface area contributed by atoms with Gasteiger partial charge in [-0.05, 0) is 50.5 Å². The Bertz CT molecular complexity index is 595. The van der Waals surface area contributed by atoms with Crippen LogP contribution in [0.25, 0.3) is 0 Å². The summed E-state index contributed by atoms with van der Waals surface area (Å²) in [6.07, 6.45) is 1.09. The molecule has 1 N–H and O–H groups in total. The molecule has 0 bridgehead atoms. The Morgan fingerprint density at radius 3 is 2.59 bits per heavy atom. The molecule has 1 unspecified atom stereocenters. The number of aromatic carboxylic acids is 1. The van der Waals surface area contributed by atoms with Crippen molar-refractivity contribution in [2.24, 2.45) is 0 Å². The first-order valence-electron chi connectivity index (χ1n) is 6.68. The molecule has 120 valence electrons. The van der Waals surface area contributed by atoms with Gasteiger partial charge in [0.25, 0.3) is 0 Å². The van der Waals surface area contributed by atoms with E-state index in [0.717, 1.165) is 31.0 Å². The summed E-state index contributed by atoms with van der Waals surface area (Å²) in [4.78, 5) is 11.0. The van der Waals surface area contributed by atoms with Gasteiger partial charge in [0, 0.05) is 0 Å². The number of ether oxygens (including phenoxy) is 2. The minimum atomic E-state index is -4.88.